The molecule has 0 saturated carbocycles. The summed E-state index contributed by atoms with van der Waals surface area (Å²) in [6.45, 7) is 2.70. The number of benzene rings is 1. The zero-order chi connectivity index (χ0) is 13.0. The molecule has 1 N–H and O–H groups in total. The molecule has 1 heterocycles. The second-order valence-corrected chi connectivity index (χ2v) is 4.77. The van der Waals surface area contributed by atoms with Crippen molar-refractivity contribution in [1.82, 2.24) is 0 Å². The maximum absolute atomic E-state index is 11.0. The van der Waals surface area contributed by atoms with Crippen LogP contribution in [-0.2, 0) is 4.74 Å². The molecule has 0 spiro atoms. The lowest BCUT2D eigenvalue weighted by Gasteiger charge is -2.34. The van der Waals surface area contributed by atoms with Crippen LogP contribution in [0.1, 0.15) is 23.2 Å². The molecule has 0 aromatic heterocycles. The summed E-state index contributed by atoms with van der Waals surface area (Å²) in [7, 11) is 1.73. The molecule has 4 heteroatoms. The lowest BCUT2D eigenvalue weighted by atomic mass is 9.98. The Kier molecular flexibility index (Phi) is 4.20. The number of aromatic carboxylic acids is 1. The number of hydrogen-bond acceptors (Lipinski definition) is 3. The number of carbonyl (C=O) groups is 1. The number of anilines is 1. The molecule has 0 radical (unpaired) electrons. The number of piperidine rings is 1. The van der Waals surface area contributed by atoms with Crippen LogP contribution in [0.4, 0.5) is 5.69 Å². The van der Waals surface area contributed by atoms with Gasteiger partial charge in [-0.3, -0.25) is 0 Å². The van der Waals surface area contributed by atoms with Gasteiger partial charge < -0.3 is 14.7 Å². The molecule has 1 unspecified atom stereocenters. The molecular weight excluding hydrogens is 230 g/mol. The Morgan fingerprint density at radius 2 is 2.39 bits per heavy atom. The topological polar surface area (TPSA) is 49.8 Å². The van der Waals surface area contributed by atoms with E-state index >= 15 is 0 Å². The SMILES string of the molecule is COCC1CCCN(c2cccc(C(=O)O)c2)C1. The highest BCUT2D eigenvalue weighted by Crippen LogP contribution is 2.24. The standard InChI is InChI=1S/C14H19NO3/c1-18-10-11-4-3-7-15(9-11)13-6-2-5-12(8-13)14(16)17/h2,5-6,8,11H,3-4,7,9-10H2,1H3,(H,16,17). The molecule has 4 nitrogen and oxygen atoms in total. The number of nitrogens with zero attached hydrogens (tertiary/aromatic N) is 1. The summed E-state index contributed by atoms with van der Waals surface area (Å²) in [4.78, 5) is 13.2. The summed E-state index contributed by atoms with van der Waals surface area (Å²) in [6, 6.07) is 7.15. The van der Waals surface area contributed by atoms with Gasteiger partial charge in [-0.2, -0.15) is 0 Å². The quantitative estimate of drug-likeness (QED) is 0.889. The third-order valence-electron chi connectivity index (χ3n) is 3.38. The molecule has 0 aliphatic carbocycles. The van der Waals surface area contributed by atoms with Crippen molar-refractivity contribution < 1.29 is 14.6 Å². The molecule has 1 aliphatic heterocycles. The fraction of sp³-hybridized carbons (Fsp3) is 0.500. The van der Waals surface area contributed by atoms with Gasteiger partial charge in [-0.05, 0) is 37.0 Å². The lowest BCUT2D eigenvalue weighted by Crippen LogP contribution is -2.37. The van der Waals surface area contributed by atoms with E-state index in [1.54, 1.807) is 25.3 Å². The molecule has 18 heavy (non-hydrogen) atoms. The number of methoxy groups -OCH3 is 1. The zero-order valence-electron chi connectivity index (χ0n) is 10.6. The van der Waals surface area contributed by atoms with Crippen LogP contribution in [0.25, 0.3) is 0 Å². The highest BCUT2D eigenvalue weighted by molar-refractivity contribution is 5.88. The van der Waals surface area contributed by atoms with E-state index in [9.17, 15) is 4.79 Å². The Morgan fingerprint density at radius 1 is 1.56 bits per heavy atom. The number of carboxylic acids is 1. The maximum Gasteiger partial charge on any atom is 0.335 e. The van der Waals surface area contributed by atoms with Crippen molar-refractivity contribution in [2.45, 2.75) is 12.8 Å². The summed E-state index contributed by atoms with van der Waals surface area (Å²) in [5.41, 5.74) is 1.34. The Labute approximate surface area is 107 Å². The van der Waals surface area contributed by atoms with Crippen LogP contribution in [0.3, 0.4) is 0 Å². The molecular formula is C14H19NO3. The highest BCUT2D eigenvalue weighted by Gasteiger charge is 2.20. The fourth-order valence-corrected chi connectivity index (χ4v) is 2.51. The van der Waals surface area contributed by atoms with Crippen LogP contribution in [0, 0.1) is 5.92 Å². The Bertz CT molecular complexity index is 417. The molecule has 1 atom stereocenters. The molecule has 1 aliphatic rings. The number of hydrogen-bond donors (Lipinski definition) is 1. The minimum Gasteiger partial charge on any atom is -0.478 e. The predicted molar refractivity (Wildman–Crippen MR) is 70.2 cm³/mol. The third-order valence-corrected chi connectivity index (χ3v) is 3.38. The Balaban J connectivity index is 2.10. The van der Waals surface area contributed by atoms with E-state index in [0.717, 1.165) is 31.8 Å². The van der Waals surface area contributed by atoms with Crippen LogP contribution in [-0.4, -0.2) is 37.9 Å². The van der Waals surface area contributed by atoms with E-state index < -0.39 is 5.97 Å². The smallest absolute Gasteiger partial charge is 0.335 e. The number of carboxylic acid groups (broad SMARTS) is 1. The average molecular weight is 249 g/mol. The predicted octanol–water partition coefficient (Wildman–Crippen LogP) is 2.25. The minimum atomic E-state index is -0.873. The molecule has 1 aromatic carbocycles. The van der Waals surface area contributed by atoms with Gasteiger partial charge in [-0.1, -0.05) is 6.07 Å². The van der Waals surface area contributed by atoms with Crippen LogP contribution < -0.4 is 4.90 Å². The van der Waals surface area contributed by atoms with Crippen molar-refractivity contribution in [3.63, 3.8) is 0 Å². The number of rotatable bonds is 4. The van der Waals surface area contributed by atoms with Gasteiger partial charge in [0, 0.05) is 25.9 Å². The van der Waals surface area contributed by atoms with Crippen LogP contribution in [0.2, 0.25) is 0 Å². The van der Waals surface area contributed by atoms with Crippen molar-refractivity contribution in [2.24, 2.45) is 5.92 Å². The normalized spacial score (nSPS) is 19.8. The van der Waals surface area contributed by atoms with Gasteiger partial charge in [-0.15, -0.1) is 0 Å². The van der Waals surface area contributed by atoms with E-state index in [2.05, 4.69) is 4.90 Å². The molecule has 1 saturated heterocycles. The first kappa shape index (κ1) is 12.9. The number of ether oxygens (including phenoxy) is 1. The first-order valence-electron chi connectivity index (χ1n) is 6.28. The Hall–Kier alpha value is -1.55. The molecule has 98 valence electrons. The van der Waals surface area contributed by atoms with Crippen molar-refractivity contribution in [1.29, 1.82) is 0 Å². The molecule has 0 bridgehead atoms. The second kappa shape index (κ2) is 5.87. The van der Waals surface area contributed by atoms with Gasteiger partial charge in [0.2, 0.25) is 0 Å². The summed E-state index contributed by atoms with van der Waals surface area (Å²) in [5.74, 6) is -0.334. The van der Waals surface area contributed by atoms with Gasteiger partial charge in [0.05, 0.1) is 12.2 Å². The largest absolute Gasteiger partial charge is 0.478 e. The first-order chi connectivity index (χ1) is 8.70. The lowest BCUT2D eigenvalue weighted by molar-refractivity contribution is 0.0697. The van der Waals surface area contributed by atoms with E-state index in [-0.39, 0.29) is 0 Å². The van der Waals surface area contributed by atoms with Crippen molar-refractivity contribution in [3.8, 4) is 0 Å². The van der Waals surface area contributed by atoms with Crippen LogP contribution in [0.15, 0.2) is 24.3 Å². The minimum absolute atomic E-state index is 0.348. The van der Waals surface area contributed by atoms with E-state index in [4.69, 9.17) is 9.84 Å². The summed E-state index contributed by atoms with van der Waals surface area (Å²) < 4.78 is 5.21. The molecule has 1 fully saturated rings. The van der Waals surface area contributed by atoms with E-state index in [0.29, 0.717) is 11.5 Å². The van der Waals surface area contributed by atoms with E-state index in [1.807, 2.05) is 6.07 Å². The summed E-state index contributed by atoms with van der Waals surface area (Å²) in [6.07, 6.45) is 2.31. The molecule has 0 amide bonds. The Morgan fingerprint density at radius 3 is 3.11 bits per heavy atom. The van der Waals surface area contributed by atoms with Gasteiger partial charge >= 0.3 is 5.97 Å². The fourth-order valence-electron chi connectivity index (χ4n) is 2.51. The van der Waals surface area contributed by atoms with Gasteiger partial charge in [-0.25, -0.2) is 4.79 Å². The van der Waals surface area contributed by atoms with Gasteiger partial charge in [0.25, 0.3) is 0 Å². The highest BCUT2D eigenvalue weighted by atomic mass is 16.5. The maximum atomic E-state index is 11.0. The van der Waals surface area contributed by atoms with Gasteiger partial charge in [0.1, 0.15) is 0 Å². The summed E-state index contributed by atoms with van der Waals surface area (Å²) >= 11 is 0. The average Bonchev–Trinajstić information content (AvgIpc) is 2.39. The summed E-state index contributed by atoms with van der Waals surface area (Å²) in [5, 5.41) is 9.01. The molecule has 1 aromatic rings. The van der Waals surface area contributed by atoms with Crippen LogP contribution in [0.5, 0.6) is 0 Å². The zero-order valence-corrected chi connectivity index (χ0v) is 10.6. The third kappa shape index (κ3) is 3.01. The van der Waals surface area contributed by atoms with Crippen LogP contribution >= 0.6 is 0 Å². The molecule has 2 rings (SSSR count). The first-order valence-corrected chi connectivity index (χ1v) is 6.28. The van der Waals surface area contributed by atoms with Crippen molar-refractivity contribution in [2.75, 3.05) is 31.7 Å². The van der Waals surface area contributed by atoms with Crippen molar-refractivity contribution in [3.05, 3.63) is 29.8 Å². The van der Waals surface area contributed by atoms with Gasteiger partial charge in [0.15, 0.2) is 0 Å². The second-order valence-electron chi connectivity index (χ2n) is 4.77. The monoisotopic (exact) mass is 249 g/mol. The van der Waals surface area contributed by atoms with E-state index in [1.165, 1.54) is 6.42 Å². The van der Waals surface area contributed by atoms with Crippen molar-refractivity contribution >= 4 is 11.7 Å².